The molecule has 1 N–H and O–H groups in total. The molecule has 4 rings (SSSR count). The molecule has 3 aromatic heterocycles. The molecule has 0 saturated carbocycles. The normalized spacial score (nSPS) is 17.3. The number of hydrogen-bond donors (Lipinski definition) is 1. The predicted octanol–water partition coefficient (Wildman–Crippen LogP) is 2.09. The summed E-state index contributed by atoms with van der Waals surface area (Å²) in [5.74, 6) is 0.176. The highest BCUT2D eigenvalue weighted by atomic mass is 19.1. The number of nitrogens with zero attached hydrogens (tertiary/aromatic N) is 6. The highest BCUT2D eigenvalue weighted by molar-refractivity contribution is 5.94. The van der Waals surface area contributed by atoms with E-state index in [-0.39, 0.29) is 11.8 Å². The molecule has 1 atom stereocenters. The third-order valence-electron chi connectivity index (χ3n) is 4.72. The molecule has 1 saturated heterocycles. The minimum Gasteiger partial charge on any atom is -0.281 e. The van der Waals surface area contributed by atoms with Crippen LogP contribution in [0.15, 0.2) is 30.7 Å². The Hall–Kier alpha value is -3.23. The maximum absolute atomic E-state index is 13.0. The van der Waals surface area contributed by atoms with Crippen molar-refractivity contribution in [2.75, 3.05) is 11.4 Å². The molecule has 138 valence electrons. The number of halogens is 1. The number of anilines is 1. The van der Waals surface area contributed by atoms with Crippen molar-refractivity contribution < 1.29 is 9.18 Å². The van der Waals surface area contributed by atoms with E-state index in [9.17, 15) is 9.18 Å². The van der Waals surface area contributed by atoms with Crippen LogP contribution in [0.4, 0.5) is 10.3 Å². The number of carbonyl (C=O) groups excluding carboxylic acids is 1. The standard InChI is InChI=1S/C18H18FN7O/c1-11-8-21-22-10-14(11)16-23-18(25-24-16)26-6-2-3-13(17(26)27)7-12-4-5-15(19)20-9-12/h4-5,8-10,13H,2-3,6-7H2,1H3,(H,23,24,25). The number of carbonyl (C=O) groups is 1. The van der Waals surface area contributed by atoms with Gasteiger partial charge in [0.1, 0.15) is 0 Å². The molecule has 1 unspecified atom stereocenters. The van der Waals surface area contributed by atoms with E-state index in [0.717, 1.165) is 29.5 Å². The summed E-state index contributed by atoms with van der Waals surface area (Å²) in [6.07, 6.45) is 6.89. The molecule has 1 fully saturated rings. The van der Waals surface area contributed by atoms with Crippen molar-refractivity contribution in [3.63, 3.8) is 0 Å². The van der Waals surface area contributed by atoms with Crippen molar-refractivity contribution in [3.05, 3.63) is 47.8 Å². The maximum atomic E-state index is 13.0. The molecular weight excluding hydrogens is 349 g/mol. The lowest BCUT2D eigenvalue weighted by Gasteiger charge is -2.30. The summed E-state index contributed by atoms with van der Waals surface area (Å²) in [6, 6.07) is 2.98. The van der Waals surface area contributed by atoms with Gasteiger partial charge in [-0.1, -0.05) is 6.07 Å². The second-order valence-electron chi connectivity index (χ2n) is 6.59. The molecule has 0 aliphatic carbocycles. The number of nitrogens with one attached hydrogen (secondary N) is 1. The van der Waals surface area contributed by atoms with Gasteiger partial charge in [-0.2, -0.15) is 24.7 Å². The van der Waals surface area contributed by atoms with E-state index in [1.165, 1.54) is 12.3 Å². The van der Waals surface area contributed by atoms with Gasteiger partial charge in [-0.25, -0.2) is 10.1 Å². The number of aromatic amines is 1. The van der Waals surface area contributed by atoms with Crippen LogP contribution in [-0.2, 0) is 11.2 Å². The summed E-state index contributed by atoms with van der Waals surface area (Å²) in [6.45, 7) is 2.48. The lowest BCUT2D eigenvalue weighted by Crippen LogP contribution is -2.42. The Labute approximate surface area is 154 Å². The second kappa shape index (κ2) is 7.18. The zero-order chi connectivity index (χ0) is 18.8. The number of rotatable bonds is 4. The van der Waals surface area contributed by atoms with E-state index in [1.807, 2.05) is 6.92 Å². The number of hydrogen-bond acceptors (Lipinski definition) is 6. The van der Waals surface area contributed by atoms with Gasteiger partial charge in [-0.05, 0) is 43.4 Å². The zero-order valence-electron chi connectivity index (χ0n) is 14.8. The zero-order valence-corrected chi connectivity index (χ0v) is 14.8. The first-order chi connectivity index (χ1) is 13.1. The summed E-state index contributed by atoms with van der Waals surface area (Å²) >= 11 is 0. The molecule has 8 nitrogen and oxygen atoms in total. The average Bonchev–Trinajstić information content (AvgIpc) is 3.15. The quantitative estimate of drug-likeness (QED) is 0.709. The van der Waals surface area contributed by atoms with Crippen molar-refractivity contribution in [2.24, 2.45) is 5.92 Å². The minimum absolute atomic E-state index is 0.0159. The van der Waals surface area contributed by atoms with Gasteiger partial charge in [0.05, 0.1) is 12.4 Å². The van der Waals surface area contributed by atoms with Crippen molar-refractivity contribution in [3.8, 4) is 11.4 Å². The Kier molecular flexibility index (Phi) is 4.57. The molecule has 1 amide bonds. The summed E-state index contributed by atoms with van der Waals surface area (Å²) in [7, 11) is 0. The van der Waals surface area contributed by atoms with Crippen LogP contribution in [0.25, 0.3) is 11.4 Å². The van der Waals surface area contributed by atoms with Gasteiger partial charge in [-0.3, -0.25) is 9.69 Å². The number of aromatic nitrogens is 6. The Morgan fingerprint density at radius 2 is 2.11 bits per heavy atom. The van der Waals surface area contributed by atoms with Crippen molar-refractivity contribution in [1.29, 1.82) is 0 Å². The largest absolute Gasteiger partial charge is 0.281 e. The van der Waals surface area contributed by atoms with Gasteiger partial charge in [-0.15, -0.1) is 0 Å². The number of piperidine rings is 1. The number of amides is 1. The van der Waals surface area contributed by atoms with Crippen LogP contribution in [0.1, 0.15) is 24.0 Å². The van der Waals surface area contributed by atoms with E-state index in [0.29, 0.717) is 24.7 Å². The van der Waals surface area contributed by atoms with Crippen molar-refractivity contribution in [2.45, 2.75) is 26.2 Å². The van der Waals surface area contributed by atoms with E-state index in [1.54, 1.807) is 23.4 Å². The monoisotopic (exact) mass is 367 g/mol. The minimum atomic E-state index is -0.523. The number of aryl methyl sites for hydroxylation is 1. The number of pyridine rings is 1. The first-order valence-corrected chi connectivity index (χ1v) is 8.73. The Bertz CT molecular complexity index is 956. The second-order valence-corrected chi connectivity index (χ2v) is 6.59. The molecule has 0 aromatic carbocycles. The van der Waals surface area contributed by atoms with Crippen LogP contribution in [-0.4, -0.2) is 42.8 Å². The van der Waals surface area contributed by atoms with Gasteiger partial charge in [0.25, 0.3) is 0 Å². The number of H-pyrrole nitrogens is 1. The Morgan fingerprint density at radius 3 is 2.89 bits per heavy atom. The summed E-state index contributed by atoms with van der Waals surface area (Å²) in [5, 5.41) is 14.8. The lowest BCUT2D eigenvalue weighted by molar-refractivity contribution is -0.123. The SMILES string of the molecule is Cc1cnncc1-c1n[nH]c(N2CCCC(Cc3ccc(F)nc3)C2=O)n1. The molecular formula is C18H18FN7O. The highest BCUT2D eigenvalue weighted by Crippen LogP contribution is 2.26. The highest BCUT2D eigenvalue weighted by Gasteiger charge is 2.31. The van der Waals surface area contributed by atoms with Crippen LogP contribution in [0, 0.1) is 18.8 Å². The van der Waals surface area contributed by atoms with Crippen LogP contribution in [0.5, 0.6) is 0 Å². The fourth-order valence-corrected chi connectivity index (χ4v) is 3.27. The van der Waals surface area contributed by atoms with Crippen LogP contribution in [0.2, 0.25) is 0 Å². The van der Waals surface area contributed by atoms with Crippen molar-refractivity contribution >= 4 is 11.9 Å². The van der Waals surface area contributed by atoms with Gasteiger partial charge in [0.2, 0.25) is 17.8 Å². The smallest absolute Gasteiger partial charge is 0.232 e. The Morgan fingerprint density at radius 1 is 1.26 bits per heavy atom. The lowest BCUT2D eigenvalue weighted by atomic mass is 9.91. The third kappa shape index (κ3) is 3.53. The van der Waals surface area contributed by atoms with E-state index in [4.69, 9.17) is 0 Å². The molecule has 1 aliphatic heterocycles. The van der Waals surface area contributed by atoms with Gasteiger partial charge < -0.3 is 0 Å². The first kappa shape index (κ1) is 17.2. The van der Waals surface area contributed by atoms with Crippen LogP contribution < -0.4 is 4.90 Å². The molecule has 0 radical (unpaired) electrons. The fraction of sp³-hybridized carbons (Fsp3) is 0.333. The summed E-state index contributed by atoms with van der Waals surface area (Å²) in [4.78, 5) is 22.7. The molecule has 0 spiro atoms. The topological polar surface area (TPSA) is 101 Å². The molecule has 1 aliphatic rings. The molecule has 0 bridgehead atoms. The van der Waals surface area contributed by atoms with Gasteiger partial charge in [0, 0.05) is 24.2 Å². The fourth-order valence-electron chi connectivity index (χ4n) is 3.27. The first-order valence-electron chi connectivity index (χ1n) is 8.73. The molecule has 4 heterocycles. The predicted molar refractivity (Wildman–Crippen MR) is 95.1 cm³/mol. The average molecular weight is 367 g/mol. The van der Waals surface area contributed by atoms with Crippen LogP contribution >= 0.6 is 0 Å². The maximum Gasteiger partial charge on any atom is 0.232 e. The van der Waals surface area contributed by atoms with Gasteiger partial charge in [0.15, 0.2) is 5.82 Å². The van der Waals surface area contributed by atoms with E-state index >= 15 is 0 Å². The van der Waals surface area contributed by atoms with Crippen molar-refractivity contribution in [1.82, 2.24) is 30.4 Å². The molecule has 3 aromatic rings. The Balaban J connectivity index is 1.53. The van der Waals surface area contributed by atoms with Crippen LogP contribution in [0.3, 0.4) is 0 Å². The van der Waals surface area contributed by atoms with E-state index in [2.05, 4.69) is 30.4 Å². The van der Waals surface area contributed by atoms with Gasteiger partial charge >= 0.3 is 0 Å². The summed E-state index contributed by atoms with van der Waals surface area (Å²) < 4.78 is 13.0. The summed E-state index contributed by atoms with van der Waals surface area (Å²) in [5.41, 5.74) is 2.52. The third-order valence-corrected chi connectivity index (χ3v) is 4.72. The molecule has 27 heavy (non-hydrogen) atoms. The molecule has 9 heteroatoms. The van der Waals surface area contributed by atoms with E-state index < -0.39 is 5.95 Å².